The van der Waals surface area contributed by atoms with Crippen molar-refractivity contribution in [2.24, 2.45) is 5.73 Å². The Balaban J connectivity index is 2.82. The molecule has 3 heteroatoms. The van der Waals surface area contributed by atoms with Crippen LogP contribution in [0.25, 0.3) is 10.9 Å². The van der Waals surface area contributed by atoms with Crippen LogP contribution in [0.2, 0.25) is 0 Å². The van der Waals surface area contributed by atoms with E-state index in [0.29, 0.717) is 5.75 Å². The molecule has 0 fully saturated rings. The van der Waals surface area contributed by atoms with Crippen LogP contribution in [0.5, 0.6) is 5.75 Å². The topological polar surface area (TPSA) is 51.2 Å². The summed E-state index contributed by atoms with van der Waals surface area (Å²) in [5.41, 5.74) is 7.94. The van der Waals surface area contributed by atoms with E-state index in [-0.39, 0.29) is 6.04 Å². The van der Waals surface area contributed by atoms with Gasteiger partial charge in [0.05, 0.1) is 5.52 Å². The van der Waals surface area contributed by atoms with Crippen LogP contribution in [0.1, 0.15) is 25.5 Å². The van der Waals surface area contributed by atoms with Crippen LogP contribution < -0.4 is 5.73 Å². The maximum absolute atomic E-state index is 9.84. The van der Waals surface area contributed by atoms with Gasteiger partial charge in [0.15, 0.2) is 0 Å². The zero-order chi connectivity index (χ0) is 11.0. The Hall–Kier alpha value is -1.48. The third-order valence-corrected chi connectivity index (χ3v) is 2.74. The number of benzene rings is 1. The second kappa shape index (κ2) is 3.59. The standard InChI is InChI=1S/C12H16N2O/c1-3-14-7-9(8(2)13)12-10(14)5-4-6-11(12)15/h4-8,15H,3,13H2,1-2H3. The second-order valence-corrected chi connectivity index (χ2v) is 3.83. The normalized spacial score (nSPS) is 13.3. The largest absolute Gasteiger partial charge is 0.507 e. The molecular formula is C12H16N2O. The van der Waals surface area contributed by atoms with Gasteiger partial charge in [-0.25, -0.2) is 0 Å². The summed E-state index contributed by atoms with van der Waals surface area (Å²) in [7, 11) is 0. The van der Waals surface area contributed by atoms with E-state index < -0.39 is 0 Å². The SMILES string of the molecule is CCn1cc(C(C)N)c2c(O)cccc21. The number of fused-ring (bicyclic) bond motifs is 1. The Morgan fingerprint density at radius 3 is 2.80 bits per heavy atom. The molecule has 0 aliphatic rings. The van der Waals surface area contributed by atoms with Crippen molar-refractivity contribution in [2.45, 2.75) is 26.4 Å². The Morgan fingerprint density at radius 1 is 1.47 bits per heavy atom. The van der Waals surface area contributed by atoms with Gasteiger partial charge < -0.3 is 15.4 Å². The number of aromatic hydroxyl groups is 1. The lowest BCUT2D eigenvalue weighted by molar-refractivity contribution is 0.481. The van der Waals surface area contributed by atoms with Gasteiger partial charge in [0.2, 0.25) is 0 Å². The predicted molar refractivity (Wildman–Crippen MR) is 61.9 cm³/mol. The van der Waals surface area contributed by atoms with Crippen LogP contribution in [-0.4, -0.2) is 9.67 Å². The first-order valence-electron chi connectivity index (χ1n) is 5.21. The highest BCUT2D eigenvalue weighted by Gasteiger charge is 2.13. The third kappa shape index (κ3) is 1.49. The first kappa shape index (κ1) is 10.1. The second-order valence-electron chi connectivity index (χ2n) is 3.83. The lowest BCUT2D eigenvalue weighted by Gasteiger charge is -2.03. The number of nitrogens with two attached hydrogens (primary N) is 1. The Morgan fingerprint density at radius 2 is 2.20 bits per heavy atom. The first-order valence-corrected chi connectivity index (χ1v) is 5.21. The van der Waals surface area contributed by atoms with Gasteiger partial charge in [-0.3, -0.25) is 0 Å². The molecule has 0 bridgehead atoms. The van der Waals surface area contributed by atoms with Crippen molar-refractivity contribution in [1.82, 2.24) is 4.57 Å². The molecule has 3 nitrogen and oxygen atoms in total. The van der Waals surface area contributed by atoms with Crippen LogP contribution in [0, 0.1) is 0 Å². The highest BCUT2D eigenvalue weighted by Crippen LogP contribution is 2.32. The fourth-order valence-electron chi connectivity index (χ4n) is 1.97. The molecule has 0 spiro atoms. The van der Waals surface area contributed by atoms with E-state index in [1.54, 1.807) is 6.07 Å². The summed E-state index contributed by atoms with van der Waals surface area (Å²) in [5, 5.41) is 10.7. The molecule has 1 aromatic carbocycles. The zero-order valence-electron chi connectivity index (χ0n) is 9.07. The molecule has 15 heavy (non-hydrogen) atoms. The van der Waals surface area contributed by atoms with Crippen molar-refractivity contribution in [3.63, 3.8) is 0 Å². The van der Waals surface area contributed by atoms with E-state index in [2.05, 4.69) is 11.5 Å². The number of hydrogen-bond acceptors (Lipinski definition) is 2. The molecule has 2 aromatic rings. The van der Waals surface area contributed by atoms with Crippen LogP contribution in [0.15, 0.2) is 24.4 Å². The summed E-state index contributed by atoms with van der Waals surface area (Å²) >= 11 is 0. The molecule has 0 saturated heterocycles. The molecule has 0 aliphatic carbocycles. The zero-order valence-corrected chi connectivity index (χ0v) is 9.07. The smallest absolute Gasteiger partial charge is 0.125 e. The molecule has 0 radical (unpaired) electrons. The summed E-state index contributed by atoms with van der Waals surface area (Å²) in [6, 6.07) is 5.50. The maximum atomic E-state index is 9.84. The molecule has 1 aromatic heterocycles. The molecule has 0 amide bonds. The minimum atomic E-state index is -0.0615. The first-order chi connectivity index (χ1) is 7.15. The van der Waals surface area contributed by atoms with E-state index in [9.17, 15) is 5.11 Å². The Labute approximate surface area is 89.1 Å². The van der Waals surface area contributed by atoms with Crippen molar-refractivity contribution in [3.05, 3.63) is 30.0 Å². The summed E-state index contributed by atoms with van der Waals surface area (Å²) in [5.74, 6) is 0.312. The Bertz CT molecular complexity index is 486. The average molecular weight is 204 g/mol. The van der Waals surface area contributed by atoms with E-state index in [4.69, 9.17) is 5.73 Å². The molecule has 3 N–H and O–H groups in total. The van der Waals surface area contributed by atoms with E-state index in [0.717, 1.165) is 23.0 Å². The van der Waals surface area contributed by atoms with Crippen molar-refractivity contribution >= 4 is 10.9 Å². The maximum Gasteiger partial charge on any atom is 0.125 e. The van der Waals surface area contributed by atoms with Crippen molar-refractivity contribution in [3.8, 4) is 5.75 Å². The molecule has 1 unspecified atom stereocenters. The molecule has 0 aliphatic heterocycles. The molecule has 1 atom stereocenters. The van der Waals surface area contributed by atoms with Crippen LogP contribution >= 0.6 is 0 Å². The van der Waals surface area contributed by atoms with E-state index >= 15 is 0 Å². The fraction of sp³-hybridized carbons (Fsp3) is 0.333. The van der Waals surface area contributed by atoms with Crippen LogP contribution in [0.4, 0.5) is 0 Å². The number of phenolic OH excluding ortho intramolecular Hbond substituents is 1. The van der Waals surface area contributed by atoms with Gasteiger partial charge in [0.1, 0.15) is 5.75 Å². The quantitative estimate of drug-likeness (QED) is 0.789. The summed E-state index contributed by atoms with van der Waals surface area (Å²) < 4.78 is 2.10. The summed E-state index contributed by atoms with van der Waals surface area (Å²) in [6.45, 7) is 4.89. The number of nitrogens with zero attached hydrogens (tertiary/aromatic N) is 1. The minimum absolute atomic E-state index is 0.0615. The number of rotatable bonds is 2. The fourth-order valence-corrected chi connectivity index (χ4v) is 1.97. The number of phenols is 1. The summed E-state index contributed by atoms with van der Waals surface area (Å²) in [6.07, 6.45) is 2.02. The highest BCUT2D eigenvalue weighted by atomic mass is 16.3. The lowest BCUT2D eigenvalue weighted by Crippen LogP contribution is -2.04. The third-order valence-electron chi connectivity index (χ3n) is 2.74. The van der Waals surface area contributed by atoms with Gasteiger partial charge >= 0.3 is 0 Å². The van der Waals surface area contributed by atoms with Gasteiger partial charge in [-0.05, 0) is 31.5 Å². The lowest BCUT2D eigenvalue weighted by atomic mass is 10.1. The van der Waals surface area contributed by atoms with E-state index in [1.165, 1.54) is 0 Å². The van der Waals surface area contributed by atoms with Crippen LogP contribution in [-0.2, 0) is 6.54 Å². The highest BCUT2D eigenvalue weighted by molar-refractivity contribution is 5.90. The molecule has 1 heterocycles. The van der Waals surface area contributed by atoms with Crippen molar-refractivity contribution < 1.29 is 5.11 Å². The number of hydrogen-bond donors (Lipinski definition) is 2. The molecule has 0 saturated carbocycles. The van der Waals surface area contributed by atoms with E-state index in [1.807, 2.05) is 25.3 Å². The average Bonchev–Trinajstić information content (AvgIpc) is 2.58. The van der Waals surface area contributed by atoms with Crippen molar-refractivity contribution in [1.29, 1.82) is 0 Å². The summed E-state index contributed by atoms with van der Waals surface area (Å²) in [4.78, 5) is 0. The van der Waals surface area contributed by atoms with Gasteiger partial charge in [-0.1, -0.05) is 6.07 Å². The van der Waals surface area contributed by atoms with Gasteiger partial charge in [0, 0.05) is 24.2 Å². The number of aromatic nitrogens is 1. The van der Waals surface area contributed by atoms with Gasteiger partial charge in [-0.2, -0.15) is 0 Å². The monoisotopic (exact) mass is 204 g/mol. The predicted octanol–water partition coefficient (Wildman–Crippen LogP) is 2.39. The van der Waals surface area contributed by atoms with Crippen molar-refractivity contribution in [2.75, 3.05) is 0 Å². The number of aryl methyl sites for hydroxylation is 1. The minimum Gasteiger partial charge on any atom is -0.507 e. The Kier molecular flexibility index (Phi) is 2.40. The molecule has 80 valence electrons. The molecule has 2 rings (SSSR count). The van der Waals surface area contributed by atoms with Gasteiger partial charge in [-0.15, -0.1) is 0 Å². The van der Waals surface area contributed by atoms with Crippen LogP contribution in [0.3, 0.4) is 0 Å². The molecular weight excluding hydrogens is 188 g/mol. The van der Waals surface area contributed by atoms with Gasteiger partial charge in [0.25, 0.3) is 0 Å².